The van der Waals surface area contributed by atoms with Crippen molar-refractivity contribution in [2.24, 2.45) is 0 Å². The van der Waals surface area contributed by atoms with E-state index >= 15 is 0 Å². The maximum Gasteiger partial charge on any atom is 0.272 e. The molecule has 0 saturated heterocycles. The summed E-state index contributed by atoms with van der Waals surface area (Å²) < 4.78 is 14.0. The summed E-state index contributed by atoms with van der Waals surface area (Å²) in [6, 6.07) is 2.17. The molecule has 0 atom stereocenters. The molecule has 0 fully saturated rings. The Morgan fingerprint density at radius 2 is 1.36 bits per heavy atom. The first-order chi connectivity index (χ1) is 10.2. The van der Waals surface area contributed by atoms with E-state index in [9.17, 15) is 0 Å². The summed E-state index contributed by atoms with van der Waals surface area (Å²) in [6.45, 7) is 19.8. The third-order valence-electron chi connectivity index (χ3n) is 5.47. The van der Waals surface area contributed by atoms with Gasteiger partial charge in [0.1, 0.15) is 5.75 Å². The second-order valence-electron chi connectivity index (χ2n) is 7.80. The van der Waals surface area contributed by atoms with E-state index in [2.05, 4.69) is 66.8 Å². The van der Waals surface area contributed by atoms with Gasteiger partial charge in [-0.15, -0.1) is 11.3 Å². The molecule has 22 heavy (non-hydrogen) atoms. The van der Waals surface area contributed by atoms with Gasteiger partial charge in [0, 0.05) is 0 Å². The Bertz CT molecular complexity index is 493. The van der Waals surface area contributed by atoms with Crippen LogP contribution in [-0.2, 0) is 11.0 Å². The quantitative estimate of drug-likeness (QED) is 0.592. The van der Waals surface area contributed by atoms with E-state index in [0.29, 0.717) is 22.2 Å². The van der Waals surface area contributed by atoms with Crippen LogP contribution in [0.3, 0.4) is 0 Å². The van der Waals surface area contributed by atoms with Crippen LogP contribution in [0.2, 0.25) is 22.2 Å². The monoisotopic (exact) mass is 356 g/mol. The zero-order valence-corrected chi connectivity index (χ0v) is 18.2. The number of fused-ring (bicyclic) bond motifs is 1. The standard InChI is InChI=1S/C17H32O2SSi2/c1-12(2)21(13(3)4)18-11-17-16(9-10-20-17)19-22(21,14(5)6)15(7)8/h9-10,12-15H,11H2,1-8H3. The fourth-order valence-electron chi connectivity index (χ4n) is 4.79. The molecular weight excluding hydrogens is 324 g/mol. The lowest BCUT2D eigenvalue weighted by molar-refractivity contribution is 0.289. The lowest BCUT2D eigenvalue weighted by atomic mass is 10.4. The van der Waals surface area contributed by atoms with Crippen LogP contribution in [0.5, 0.6) is 5.75 Å². The molecule has 1 aromatic rings. The van der Waals surface area contributed by atoms with E-state index in [-0.39, 0.29) is 0 Å². The average molecular weight is 357 g/mol. The lowest BCUT2D eigenvalue weighted by Crippen LogP contribution is -2.74. The maximum absolute atomic E-state index is 7.03. The number of hydrogen-bond donors (Lipinski definition) is 0. The van der Waals surface area contributed by atoms with Gasteiger partial charge in [-0.25, -0.2) is 0 Å². The van der Waals surface area contributed by atoms with Crippen molar-refractivity contribution in [1.29, 1.82) is 0 Å². The lowest BCUT2D eigenvalue weighted by Gasteiger charge is -2.53. The van der Waals surface area contributed by atoms with Crippen LogP contribution in [0.15, 0.2) is 11.4 Å². The highest BCUT2D eigenvalue weighted by Crippen LogP contribution is 2.53. The zero-order chi connectivity index (χ0) is 16.7. The van der Waals surface area contributed by atoms with E-state index in [1.165, 1.54) is 4.88 Å². The normalized spacial score (nSPS) is 20.4. The van der Waals surface area contributed by atoms with Gasteiger partial charge in [-0.3, -0.25) is 0 Å². The van der Waals surface area contributed by atoms with Gasteiger partial charge in [-0.05, 0) is 33.6 Å². The first-order valence-electron chi connectivity index (χ1n) is 8.59. The summed E-state index contributed by atoms with van der Waals surface area (Å²) >= 11 is 1.78. The van der Waals surface area contributed by atoms with Crippen LogP contribution in [-0.4, -0.2) is 15.7 Å². The SMILES string of the molecule is CC(C)[Si]1(C(C)C)OCc2sccc2O[Si]1(C(C)C)C(C)C. The molecule has 2 rings (SSSR count). The fourth-order valence-corrected chi connectivity index (χ4v) is 26.9. The Balaban J connectivity index is 2.71. The molecule has 1 aliphatic heterocycles. The van der Waals surface area contributed by atoms with Crippen LogP contribution in [0.4, 0.5) is 0 Å². The van der Waals surface area contributed by atoms with E-state index in [0.717, 1.165) is 12.4 Å². The topological polar surface area (TPSA) is 18.5 Å². The minimum Gasteiger partial charge on any atom is -0.542 e. The molecule has 0 N–H and O–H groups in total. The highest BCUT2D eigenvalue weighted by Gasteiger charge is 2.68. The van der Waals surface area contributed by atoms with Crippen molar-refractivity contribution in [3.63, 3.8) is 0 Å². The maximum atomic E-state index is 7.03. The molecule has 0 aliphatic carbocycles. The van der Waals surface area contributed by atoms with Gasteiger partial charge >= 0.3 is 0 Å². The minimum atomic E-state index is -2.09. The van der Waals surface area contributed by atoms with Crippen molar-refractivity contribution in [3.05, 3.63) is 16.3 Å². The Kier molecular flexibility index (Phi) is 5.32. The summed E-state index contributed by atoms with van der Waals surface area (Å²) in [6.07, 6.45) is 0. The highest BCUT2D eigenvalue weighted by molar-refractivity contribution is 7.39. The highest BCUT2D eigenvalue weighted by atomic mass is 32.1. The molecule has 0 unspecified atom stereocenters. The summed E-state index contributed by atoms with van der Waals surface area (Å²) in [5, 5.41) is 2.15. The van der Waals surface area contributed by atoms with Gasteiger partial charge < -0.3 is 8.85 Å². The summed E-state index contributed by atoms with van der Waals surface area (Å²) in [4.78, 5) is 1.29. The molecule has 0 spiro atoms. The molecule has 0 saturated carbocycles. The van der Waals surface area contributed by atoms with Crippen molar-refractivity contribution in [1.82, 2.24) is 0 Å². The van der Waals surface area contributed by atoms with E-state index < -0.39 is 15.7 Å². The van der Waals surface area contributed by atoms with Crippen LogP contribution < -0.4 is 4.43 Å². The molecule has 0 amide bonds. The van der Waals surface area contributed by atoms with Gasteiger partial charge in [0.2, 0.25) is 7.83 Å². The molecule has 2 heterocycles. The largest absolute Gasteiger partial charge is 0.542 e. The predicted octanol–water partition coefficient (Wildman–Crippen LogP) is 6.27. The van der Waals surface area contributed by atoms with Crippen molar-refractivity contribution >= 4 is 27.0 Å². The summed E-state index contributed by atoms with van der Waals surface area (Å²) in [7, 11) is -4.12. The first-order valence-corrected chi connectivity index (χ1v) is 14.6. The van der Waals surface area contributed by atoms with Crippen molar-refractivity contribution in [2.45, 2.75) is 84.2 Å². The smallest absolute Gasteiger partial charge is 0.272 e. The van der Waals surface area contributed by atoms with Crippen LogP contribution in [0, 0.1) is 0 Å². The third-order valence-corrected chi connectivity index (χ3v) is 26.9. The predicted molar refractivity (Wildman–Crippen MR) is 102 cm³/mol. The van der Waals surface area contributed by atoms with Crippen LogP contribution in [0.25, 0.3) is 0 Å². The third kappa shape index (κ3) is 2.44. The Morgan fingerprint density at radius 1 is 0.864 bits per heavy atom. The summed E-state index contributed by atoms with van der Waals surface area (Å²) in [5.41, 5.74) is 2.29. The molecule has 0 bridgehead atoms. The zero-order valence-electron chi connectivity index (χ0n) is 15.4. The average Bonchev–Trinajstić information content (AvgIpc) is 2.77. The number of hydrogen-bond acceptors (Lipinski definition) is 3. The van der Waals surface area contributed by atoms with Crippen molar-refractivity contribution in [2.75, 3.05) is 0 Å². The summed E-state index contributed by atoms with van der Waals surface area (Å²) in [5.74, 6) is 1.12. The molecule has 2 nitrogen and oxygen atoms in total. The van der Waals surface area contributed by atoms with Crippen LogP contribution in [0.1, 0.15) is 60.3 Å². The van der Waals surface area contributed by atoms with Gasteiger partial charge in [0.05, 0.1) is 11.5 Å². The second kappa shape index (κ2) is 6.42. The minimum absolute atomic E-state index is 0.565. The second-order valence-corrected chi connectivity index (χ2v) is 21.8. The van der Waals surface area contributed by atoms with E-state index in [1.54, 1.807) is 11.3 Å². The Hall–Kier alpha value is -0.106. The molecular formula is C17H32O2SSi2. The molecule has 0 aromatic carbocycles. The van der Waals surface area contributed by atoms with Crippen molar-refractivity contribution in [3.8, 4) is 5.75 Å². The van der Waals surface area contributed by atoms with Gasteiger partial charge in [0.15, 0.2) is 0 Å². The van der Waals surface area contributed by atoms with E-state index in [1.807, 2.05) is 0 Å². The molecule has 0 radical (unpaired) electrons. The number of thiophene rings is 1. The molecule has 1 aromatic heterocycles. The van der Waals surface area contributed by atoms with Crippen molar-refractivity contribution < 1.29 is 8.85 Å². The fraction of sp³-hybridized carbons (Fsp3) is 0.765. The van der Waals surface area contributed by atoms with Gasteiger partial charge in [0.25, 0.3) is 7.83 Å². The molecule has 126 valence electrons. The molecule has 1 aliphatic rings. The van der Waals surface area contributed by atoms with Gasteiger partial charge in [-0.1, -0.05) is 55.4 Å². The Morgan fingerprint density at radius 3 is 1.82 bits per heavy atom. The van der Waals surface area contributed by atoms with E-state index in [4.69, 9.17) is 8.85 Å². The number of rotatable bonds is 4. The molecule has 5 heteroatoms. The Labute approximate surface area is 142 Å². The van der Waals surface area contributed by atoms with Gasteiger partial charge in [-0.2, -0.15) is 0 Å². The van der Waals surface area contributed by atoms with Crippen LogP contribution >= 0.6 is 11.3 Å². The first kappa shape index (κ1) is 18.2.